The quantitative estimate of drug-likeness (QED) is 0.480. The summed E-state index contributed by atoms with van der Waals surface area (Å²) in [6.45, 7) is 3.79. The molecule has 80 valence electrons. The van der Waals surface area contributed by atoms with E-state index in [1.807, 2.05) is 12.1 Å². The average Bonchev–Trinajstić information content (AvgIpc) is 2.75. The van der Waals surface area contributed by atoms with E-state index in [-0.39, 0.29) is 12.1 Å². The topological polar surface area (TPSA) is 21.3 Å². The minimum atomic E-state index is 0.243. The van der Waals surface area contributed by atoms with Crippen molar-refractivity contribution < 1.29 is 4.18 Å². The summed E-state index contributed by atoms with van der Waals surface area (Å²) < 4.78 is 8.68. The second kappa shape index (κ2) is 5.35. The van der Waals surface area contributed by atoms with Crippen LogP contribution in [-0.2, 0) is 10.6 Å². The number of hydrogen-bond acceptors (Lipinski definition) is 3. The van der Waals surface area contributed by atoms with E-state index in [2.05, 4.69) is 35.6 Å². The average molecular weight is 221 g/mol. The fraction of sp³-hybridized carbons (Fsp3) is 0.333. The molecule has 0 radical (unpaired) electrons. The Morgan fingerprint density at radius 2 is 2.20 bits per heavy atom. The number of hydrogen-bond donors (Lipinski definition) is 1. The smallest absolute Gasteiger partial charge is 0.0937 e. The molecule has 1 aromatic rings. The van der Waals surface area contributed by atoms with Crippen LogP contribution >= 0.6 is 12.2 Å². The molecule has 0 bridgehead atoms. The van der Waals surface area contributed by atoms with Crippen LogP contribution < -0.4 is 4.72 Å². The van der Waals surface area contributed by atoms with Crippen molar-refractivity contribution in [3.05, 3.63) is 48.6 Å². The summed E-state index contributed by atoms with van der Waals surface area (Å²) in [7, 11) is 0. The van der Waals surface area contributed by atoms with Gasteiger partial charge < -0.3 is 0 Å². The molecule has 15 heavy (non-hydrogen) atoms. The molecule has 1 aliphatic rings. The molecule has 1 fully saturated rings. The van der Waals surface area contributed by atoms with Gasteiger partial charge in [0, 0.05) is 0 Å². The highest BCUT2D eigenvalue weighted by Crippen LogP contribution is 2.22. The van der Waals surface area contributed by atoms with Gasteiger partial charge >= 0.3 is 0 Å². The fourth-order valence-electron chi connectivity index (χ4n) is 1.66. The third-order valence-corrected chi connectivity index (χ3v) is 3.28. The Hall–Kier alpha value is -0.770. The van der Waals surface area contributed by atoms with Crippen molar-refractivity contribution in [3.8, 4) is 0 Å². The van der Waals surface area contributed by atoms with E-state index in [9.17, 15) is 0 Å². The minimum Gasteiger partial charge on any atom is -0.296 e. The second-order valence-electron chi connectivity index (χ2n) is 3.62. The third kappa shape index (κ3) is 2.84. The molecule has 0 spiro atoms. The van der Waals surface area contributed by atoms with Gasteiger partial charge in [0.1, 0.15) is 0 Å². The van der Waals surface area contributed by atoms with Crippen LogP contribution in [0.3, 0.4) is 0 Å². The van der Waals surface area contributed by atoms with Gasteiger partial charge in [0.15, 0.2) is 0 Å². The van der Waals surface area contributed by atoms with E-state index in [4.69, 9.17) is 4.18 Å². The van der Waals surface area contributed by atoms with Crippen LogP contribution in [0.2, 0.25) is 0 Å². The summed E-state index contributed by atoms with van der Waals surface area (Å²) in [6, 6.07) is 10.8. The first-order chi connectivity index (χ1) is 7.40. The standard InChI is InChI=1S/C12H15NOS/c1-2-11-12(14-15-13-11)9-8-10-6-4-3-5-7-10/h2-7,11-13H,1,8-9H2/t11-,12+/m1/s1. The van der Waals surface area contributed by atoms with Crippen molar-refractivity contribution in [2.24, 2.45) is 0 Å². The first-order valence-electron chi connectivity index (χ1n) is 5.14. The third-order valence-electron chi connectivity index (χ3n) is 2.57. The first kappa shape index (κ1) is 10.7. The monoisotopic (exact) mass is 221 g/mol. The van der Waals surface area contributed by atoms with Crippen molar-refractivity contribution in [1.29, 1.82) is 0 Å². The lowest BCUT2D eigenvalue weighted by Crippen LogP contribution is -2.27. The summed E-state index contributed by atoms with van der Waals surface area (Å²) in [5.41, 5.74) is 1.36. The first-order valence-corrected chi connectivity index (χ1v) is 5.88. The van der Waals surface area contributed by atoms with Crippen LogP contribution in [-0.4, -0.2) is 12.1 Å². The van der Waals surface area contributed by atoms with E-state index in [0.717, 1.165) is 12.8 Å². The van der Waals surface area contributed by atoms with Gasteiger partial charge in [0.25, 0.3) is 0 Å². The Kier molecular flexibility index (Phi) is 3.83. The molecular formula is C12H15NOS. The molecule has 1 saturated heterocycles. The summed E-state index contributed by atoms with van der Waals surface area (Å²) in [5.74, 6) is 0. The Balaban J connectivity index is 1.85. The van der Waals surface area contributed by atoms with Gasteiger partial charge in [0.05, 0.1) is 24.4 Å². The zero-order valence-corrected chi connectivity index (χ0v) is 9.37. The van der Waals surface area contributed by atoms with Crippen LogP contribution in [0.4, 0.5) is 0 Å². The molecule has 1 heterocycles. The highest BCUT2D eigenvalue weighted by molar-refractivity contribution is 7.92. The molecule has 3 heteroatoms. The number of benzene rings is 1. The number of nitrogens with one attached hydrogen (secondary N) is 1. The Bertz CT molecular complexity index is 315. The summed E-state index contributed by atoms with van der Waals surface area (Å²) in [6.07, 6.45) is 4.24. The van der Waals surface area contributed by atoms with Crippen LogP contribution in [0.5, 0.6) is 0 Å². The Labute approximate surface area is 95.1 Å². The predicted molar refractivity (Wildman–Crippen MR) is 64.3 cm³/mol. The molecule has 0 amide bonds. The Morgan fingerprint density at radius 3 is 2.93 bits per heavy atom. The van der Waals surface area contributed by atoms with Crippen molar-refractivity contribution in [2.75, 3.05) is 0 Å². The largest absolute Gasteiger partial charge is 0.296 e. The Morgan fingerprint density at radius 1 is 1.40 bits per heavy atom. The SMILES string of the molecule is C=C[C@H]1NSO[C@H]1CCc1ccccc1. The lowest BCUT2D eigenvalue weighted by atomic mass is 10.0. The molecule has 2 atom stereocenters. The molecule has 0 aromatic heterocycles. The molecule has 2 rings (SSSR count). The lowest BCUT2D eigenvalue weighted by Gasteiger charge is -2.12. The fourth-order valence-corrected chi connectivity index (χ4v) is 2.42. The maximum absolute atomic E-state index is 5.51. The van der Waals surface area contributed by atoms with E-state index in [1.54, 1.807) is 0 Å². The van der Waals surface area contributed by atoms with Crippen molar-refractivity contribution in [1.82, 2.24) is 4.72 Å². The summed E-state index contributed by atoms with van der Waals surface area (Å²) in [5, 5.41) is 0. The zero-order chi connectivity index (χ0) is 10.5. The molecule has 1 aromatic carbocycles. The van der Waals surface area contributed by atoms with Gasteiger partial charge in [-0.2, -0.15) is 0 Å². The summed E-state index contributed by atoms with van der Waals surface area (Å²) >= 11 is 1.33. The molecule has 1 aliphatic heterocycles. The van der Waals surface area contributed by atoms with Crippen molar-refractivity contribution in [3.63, 3.8) is 0 Å². The van der Waals surface area contributed by atoms with E-state index in [0.29, 0.717) is 0 Å². The number of aryl methyl sites for hydroxylation is 1. The maximum Gasteiger partial charge on any atom is 0.0937 e. The van der Waals surface area contributed by atoms with Crippen molar-refractivity contribution in [2.45, 2.75) is 25.0 Å². The molecule has 2 nitrogen and oxygen atoms in total. The van der Waals surface area contributed by atoms with E-state index < -0.39 is 0 Å². The van der Waals surface area contributed by atoms with Crippen LogP contribution in [0.1, 0.15) is 12.0 Å². The van der Waals surface area contributed by atoms with Gasteiger partial charge in [-0.05, 0) is 18.4 Å². The van der Waals surface area contributed by atoms with Crippen LogP contribution in [0, 0.1) is 0 Å². The molecule has 0 aliphatic carbocycles. The van der Waals surface area contributed by atoms with Gasteiger partial charge in [-0.1, -0.05) is 36.4 Å². The highest BCUT2D eigenvalue weighted by atomic mass is 32.2. The minimum absolute atomic E-state index is 0.243. The summed E-state index contributed by atoms with van der Waals surface area (Å²) in [4.78, 5) is 0. The van der Waals surface area contributed by atoms with Crippen LogP contribution in [0.15, 0.2) is 43.0 Å². The molecule has 0 saturated carbocycles. The lowest BCUT2D eigenvalue weighted by molar-refractivity contribution is 0.238. The van der Waals surface area contributed by atoms with Gasteiger partial charge in [-0.25, -0.2) is 4.72 Å². The predicted octanol–water partition coefficient (Wildman–Crippen LogP) is 2.73. The second-order valence-corrected chi connectivity index (χ2v) is 4.22. The molecule has 1 N–H and O–H groups in total. The van der Waals surface area contributed by atoms with Gasteiger partial charge in [-0.15, -0.1) is 6.58 Å². The van der Waals surface area contributed by atoms with Gasteiger partial charge in [-0.3, -0.25) is 4.18 Å². The van der Waals surface area contributed by atoms with E-state index in [1.165, 1.54) is 17.8 Å². The zero-order valence-electron chi connectivity index (χ0n) is 8.56. The van der Waals surface area contributed by atoms with Gasteiger partial charge in [0.2, 0.25) is 0 Å². The van der Waals surface area contributed by atoms with Crippen molar-refractivity contribution >= 4 is 12.2 Å². The molecule has 0 unspecified atom stereocenters. The van der Waals surface area contributed by atoms with E-state index >= 15 is 0 Å². The maximum atomic E-state index is 5.51. The highest BCUT2D eigenvalue weighted by Gasteiger charge is 2.25. The van der Waals surface area contributed by atoms with Crippen LogP contribution in [0.25, 0.3) is 0 Å². The normalized spacial score (nSPS) is 25.3. The number of rotatable bonds is 4. The molecular weight excluding hydrogens is 206 g/mol.